The van der Waals surface area contributed by atoms with E-state index in [1.807, 2.05) is 26.0 Å². The maximum absolute atomic E-state index is 12.5. The van der Waals surface area contributed by atoms with E-state index < -0.39 is 0 Å². The number of benzene rings is 1. The van der Waals surface area contributed by atoms with Crippen molar-refractivity contribution in [2.45, 2.75) is 67.3 Å². The highest BCUT2D eigenvalue weighted by Crippen LogP contribution is 2.34. The number of nitrogens with zero attached hydrogens (tertiary/aromatic N) is 2. The Bertz CT molecular complexity index is 795. The number of carbonyl (C=O) groups is 1. The van der Waals surface area contributed by atoms with E-state index in [-0.39, 0.29) is 5.91 Å². The Labute approximate surface area is 162 Å². The highest BCUT2D eigenvalue weighted by molar-refractivity contribution is 8.01. The third kappa shape index (κ3) is 4.27. The molecular weight excluding hydrogens is 364 g/mol. The molecule has 7 heteroatoms. The minimum atomic E-state index is 0.138. The Morgan fingerprint density at radius 3 is 2.69 bits per heavy atom. The van der Waals surface area contributed by atoms with Crippen LogP contribution >= 0.6 is 23.1 Å². The van der Waals surface area contributed by atoms with E-state index in [4.69, 9.17) is 0 Å². The second kappa shape index (κ2) is 7.66. The highest BCUT2D eigenvalue weighted by Gasteiger charge is 2.34. The summed E-state index contributed by atoms with van der Waals surface area (Å²) in [6, 6.07) is 7.40. The Balaban J connectivity index is 1.34. The van der Waals surface area contributed by atoms with Crippen LogP contribution in [-0.4, -0.2) is 28.2 Å². The van der Waals surface area contributed by atoms with Gasteiger partial charge in [-0.1, -0.05) is 23.1 Å². The maximum Gasteiger partial charge on any atom is 0.224 e. The van der Waals surface area contributed by atoms with Gasteiger partial charge in [-0.15, -0.1) is 10.2 Å². The summed E-state index contributed by atoms with van der Waals surface area (Å²) >= 11 is 3.21. The molecule has 1 amide bonds. The molecule has 0 saturated carbocycles. The van der Waals surface area contributed by atoms with Crippen LogP contribution in [-0.2, 0) is 4.79 Å². The van der Waals surface area contributed by atoms with Gasteiger partial charge in [0.2, 0.25) is 5.91 Å². The Kier molecular flexibility index (Phi) is 5.29. The normalized spacial score (nSPS) is 24.6. The molecule has 2 aliphatic heterocycles. The fraction of sp³-hybridized carbons (Fsp3) is 0.526. The largest absolute Gasteiger partial charge is 0.326 e. The minimum absolute atomic E-state index is 0.138. The number of nitrogens with one attached hydrogen (secondary N) is 2. The number of amides is 1. The van der Waals surface area contributed by atoms with Crippen LogP contribution < -0.4 is 10.6 Å². The molecule has 2 N–H and O–H groups in total. The zero-order valence-corrected chi connectivity index (χ0v) is 16.8. The van der Waals surface area contributed by atoms with Crippen molar-refractivity contribution >= 4 is 34.7 Å². The number of fused-ring (bicyclic) bond motifs is 2. The van der Waals surface area contributed by atoms with Crippen LogP contribution in [0.25, 0.3) is 0 Å². The minimum Gasteiger partial charge on any atom is -0.326 e. The molecule has 3 heterocycles. The zero-order chi connectivity index (χ0) is 18.1. The number of rotatable bonds is 5. The molecule has 0 radical (unpaired) electrons. The number of hydrogen-bond donors (Lipinski definition) is 2. The SMILES string of the molecule is Cc1nnc(Sc2ccc(NC(=O)CC3CC4CCC(C3)N4)c(C)c2)s1. The average molecular weight is 389 g/mol. The summed E-state index contributed by atoms with van der Waals surface area (Å²) in [6.45, 7) is 4.00. The van der Waals surface area contributed by atoms with Crippen LogP contribution in [0.4, 0.5) is 5.69 Å². The van der Waals surface area contributed by atoms with E-state index in [0.29, 0.717) is 24.4 Å². The molecule has 1 aromatic heterocycles. The smallest absolute Gasteiger partial charge is 0.224 e. The predicted octanol–water partition coefficient (Wildman–Crippen LogP) is 4.17. The summed E-state index contributed by atoms with van der Waals surface area (Å²) in [4.78, 5) is 13.6. The van der Waals surface area contributed by atoms with E-state index in [1.54, 1.807) is 23.1 Å². The van der Waals surface area contributed by atoms with Crippen molar-refractivity contribution in [3.63, 3.8) is 0 Å². The topological polar surface area (TPSA) is 66.9 Å². The third-order valence-corrected chi connectivity index (χ3v) is 7.11. The van der Waals surface area contributed by atoms with Crippen molar-refractivity contribution < 1.29 is 4.79 Å². The summed E-state index contributed by atoms with van der Waals surface area (Å²) < 4.78 is 0.944. The Morgan fingerprint density at radius 2 is 2.04 bits per heavy atom. The summed E-state index contributed by atoms with van der Waals surface area (Å²) in [5.74, 6) is 0.657. The van der Waals surface area contributed by atoms with Gasteiger partial charge in [0.25, 0.3) is 0 Å². The second-order valence-corrected chi connectivity index (χ2v) is 9.90. The van der Waals surface area contributed by atoms with Crippen molar-refractivity contribution in [3.05, 3.63) is 28.8 Å². The summed E-state index contributed by atoms with van der Waals surface area (Å²) in [6.07, 6.45) is 5.46. The van der Waals surface area contributed by atoms with Gasteiger partial charge in [0.05, 0.1) is 0 Å². The Morgan fingerprint density at radius 1 is 1.27 bits per heavy atom. The van der Waals surface area contributed by atoms with E-state index in [2.05, 4.69) is 26.9 Å². The van der Waals surface area contributed by atoms with E-state index in [1.165, 1.54) is 12.8 Å². The van der Waals surface area contributed by atoms with Gasteiger partial charge in [0.15, 0.2) is 4.34 Å². The molecule has 5 nitrogen and oxygen atoms in total. The first-order valence-corrected chi connectivity index (χ1v) is 10.8. The number of piperidine rings is 1. The second-order valence-electron chi connectivity index (χ2n) is 7.39. The van der Waals surface area contributed by atoms with Gasteiger partial charge in [-0.25, -0.2) is 0 Å². The summed E-state index contributed by atoms with van der Waals surface area (Å²) in [7, 11) is 0. The van der Waals surface area contributed by atoms with Crippen molar-refractivity contribution in [3.8, 4) is 0 Å². The molecule has 2 fully saturated rings. The fourth-order valence-electron chi connectivity index (χ4n) is 4.07. The quantitative estimate of drug-likeness (QED) is 0.805. The molecule has 0 aliphatic carbocycles. The van der Waals surface area contributed by atoms with Crippen molar-refractivity contribution in [1.29, 1.82) is 0 Å². The van der Waals surface area contributed by atoms with Crippen molar-refractivity contribution in [2.75, 3.05) is 5.32 Å². The van der Waals surface area contributed by atoms with Crippen molar-refractivity contribution in [2.24, 2.45) is 5.92 Å². The molecule has 2 bridgehead atoms. The van der Waals surface area contributed by atoms with Crippen LogP contribution in [0.15, 0.2) is 27.4 Å². The van der Waals surface area contributed by atoms with Crippen LogP contribution in [0, 0.1) is 19.8 Å². The zero-order valence-electron chi connectivity index (χ0n) is 15.1. The molecule has 26 heavy (non-hydrogen) atoms. The maximum atomic E-state index is 12.5. The lowest BCUT2D eigenvalue weighted by molar-refractivity contribution is -0.117. The molecule has 2 saturated heterocycles. The molecular formula is C19H24N4OS2. The molecule has 0 spiro atoms. The number of anilines is 1. The lowest BCUT2D eigenvalue weighted by Gasteiger charge is -2.28. The van der Waals surface area contributed by atoms with Gasteiger partial charge in [0, 0.05) is 29.1 Å². The number of aryl methyl sites for hydroxylation is 2. The third-order valence-electron chi connectivity index (χ3n) is 5.23. The molecule has 2 aromatic rings. The highest BCUT2D eigenvalue weighted by atomic mass is 32.2. The standard InChI is InChI=1S/C19H24N4OS2/c1-11-7-16(26-19-23-22-12(2)25-19)5-6-17(11)21-18(24)10-13-8-14-3-4-15(9-13)20-14/h5-7,13-15,20H,3-4,8-10H2,1-2H3,(H,21,24). The Hall–Kier alpha value is -1.44. The van der Waals surface area contributed by atoms with Gasteiger partial charge < -0.3 is 10.6 Å². The van der Waals surface area contributed by atoms with Gasteiger partial charge >= 0.3 is 0 Å². The van der Waals surface area contributed by atoms with E-state index in [9.17, 15) is 4.79 Å². The summed E-state index contributed by atoms with van der Waals surface area (Å²) in [5.41, 5.74) is 1.99. The monoisotopic (exact) mass is 388 g/mol. The van der Waals surface area contributed by atoms with Crippen LogP contribution in [0.1, 0.15) is 42.7 Å². The molecule has 2 unspecified atom stereocenters. The van der Waals surface area contributed by atoms with E-state index >= 15 is 0 Å². The summed E-state index contributed by atoms with van der Waals surface area (Å²) in [5, 5.41) is 15.9. The van der Waals surface area contributed by atoms with Gasteiger partial charge in [-0.05, 0) is 69.2 Å². The fourth-order valence-corrected chi connectivity index (χ4v) is 5.95. The van der Waals surface area contributed by atoms with Crippen LogP contribution in [0.5, 0.6) is 0 Å². The first kappa shape index (κ1) is 17.9. The van der Waals surface area contributed by atoms with Crippen molar-refractivity contribution in [1.82, 2.24) is 15.5 Å². The predicted molar refractivity (Wildman–Crippen MR) is 106 cm³/mol. The molecule has 4 rings (SSSR count). The number of aromatic nitrogens is 2. The number of carbonyl (C=O) groups excluding carboxylic acids is 1. The lowest BCUT2D eigenvalue weighted by atomic mass is 9.89. The van der Waals surface area contributed by atoms with Crippen LogP contribution in [0.2, 0.25) is 0 Å². The first-order chi connectivity index (χ1) is 12.5. The average Bonchev–Trinajstić information content (AvgIpc) is 3.15. The number of hydrogen-bond acceptors (Lipinski definition) is 6. The van der Waals surface area contributed by atoms with Gasteiger partial charge in [0.1, 0.15) is 5.01 Å². The molecule has 2 atom stereocenters. The van der Waals surface area contributed by atoms with Gasteiger partial charge in [-0.3, -0.25) is 4.79 Å². The first-order valence-electron chi connectivity index (χ1n) is 9.19. The molecule has 1 aromatic carbocycles. The van der Waals surface area contributed by atoms with E-state index in [0.717, 1.165) is 38.3 Å². The lowest BCUT2D eigenvalue weighted by Crippen LogP contribution is -2.39. The molecule has 138 valence electrons. The molecule has 2 aliphatic rings. The van der Waals surface area contributed by atoms with Crippen LogP contribution in [0.3, 0.4) is 0 Å². The van der Waals surface area contributed by atoms with Gasteiger partial charge in [-0.2, -0.15) is 0 Å².